The fraction of sp³-hybridized carbons (Fsp3) is 0.750. The van der Waals surface area contributed by atoms with E-state index < -0.39 is 17.6 Å². The van der Waals surface area contributed by atoms with Crippen molar-refractivity contribution in [1.29, 1.82) is 0 Å². The maximum atomic E-state index is 11.0. The molecule has 0 saturated carbocycles. The minimum absolute atomic E-state index is 0.0965. The lowest BCUT2D eigenvalue weighted by atomic mass is 10.2. The molecule has 5 nitrogen and oxygen atoms in total. The van der Waals surface area contributed by atoms with E-state index in [-0.39, 0.29) is 6.54 Å². The van der Waals surface area contributed by atoms with E-state index in [1.807, 2.05) is 0 Å². The third kappa shape index (κ3) is 7.27. The molecule has 0 saturated heterocycles. The van der Waals surface area contributed by atoms with Gasteiger partial charge in [-0.05, 0) is 27.8 Å². The number of hydrogen-bond acceptors (Lipinski definition) is 4. The molecule has 0 aromatic carbocycles. The number of likely N-dealkylation sites (N-methyl/N-ethyl adjacent to an activating group) is 1. The molecule has 0 bridgehead atoms. The van der Waals surface area contributed by atoms with E-state index in [4.69, 9.17) is 4.74 Å². The number of ether oxygens (including phenoxy) is 1. The Labute approximate surface area is 77.8 Å². The van der Waals surface area contributed by atoms with Gasteiger partial charge in [-0.3, -0.25) is 10.1 Å². The molecule has 0 atom stereocenters. The van der Waals surface area contributed by atoms with Gasteiger partial charge in [-0.25, -0.2) is 4.79 Å². The molecule has 0 heterocycles. The van der Waals surface area contributed by atoms with Crippen molar-refractivity contribution in [2.24, 2.45) is 0 Å². The summed E-state index contributed by atoms with van der Waals surface area (Å²) in [7, 11) is 1.62. The highest BCUT2D eigenvalue weighted by atomic mass is 16.6. The van der Waals surface area contributed by atoms with Crippen molar-refractivity contribution in [3.63, 3.8) is 0 Å². The van der Waals surface area contributed by atoms with Gasteiger partial charge < -0.3 is 10.1 Å². The lowest BCUT2D eigenvalue weighted by Gasteiger charge is -2.19. The second-order valence-corrected chi connectivity index (χ2v) is 3.58. The summed E-state index contributed by atoms with van der Waals surface area (Å²) in [6, 6.07) is 0. The van der Waals surface area contributed by atoms with Crippen molar-refractivity contribution < 1.29 is 14.3 Å². The van der Waals surface area contributed by atoms with E-state index in [0.29, 0.717) is 0 Å². The zero-order chi connectivity index (χ0) is 10.5. The average molecular weight is 188 g/mol. The van der Waals surface area contributed by atoms with E-state index in [1.54, 1.807) is 27.8 Å². The summed E-state index contributed by atoms with van der Waals surface area (Å²) in [4.78, 5) is 21.8. The fourth-order valence-electron chi connectivity index (χ4n) is 0.622. The average Bonchev–Trinajstić information content (AvgIpc) is 1.81. The zero-order valence-electron chi connectivity index (χ0n) is 8.43. The van der Waals surface area contributed by atoms with Crippen LogP contribution in [0, 0.1) is 0 Å². The molecule has 76 valence electrons. The normalized spacial score (nSPS) is 10.8. The summed E-state index contributed by atoms with van der Waals surface area (Å²) in [6.07, 6.45) is -0.715. The smallest absolute Gasteiger partial charge is 0.414 e. The molecule has 0 fully saturated rings. The number of alkyl carbamates (subject to hydrolysis) is 1. The van der Waals surface area contributed by atoms with Crippen molar-refractivity contribution >= 4 is 12.0 Å². The number of amides is 2. The van der Waals surface area contributed by atoms with Crippen LogP contribution in [0.25, 0.3) is 0 Å². The molecule has 0 radical (unpaired) electrons. The van der Waals surface area contributed by atoms with Crippen molar-refractivity contribution in [2.45, 2.75) is 26.4 Å². The molecule has 5 heteroatoms. The zero-order valence-corrected chi connectivity index (χ0v) is 8.43. The Morgan fingerprint density at radius 3 is 2.23 bits per heavy atom. The van der Waals surface area contributed by atoms with Crippen LogP contribution in [-0.2, 0) is 9.53 Å². The van der Waals surface area contributed by atoms with Gasteiger partial charge in [-0.15, -0.1) is 0 Å². The molecule has 2 N–H and O–H groups in total. The minimum Gasteiger partial charge on any atom is -0.444 e. The summed E-state index contributed by atoms with van der Waals surface area (Å²) in [5, 5.41) is 4.69. The van der Waals surface area contributed by atoms with Gasteiger partial charge in [0.1, 0.15) is 5.60 Å². The third-order valence-corrected chi connectivity index (χ3v) is 0.978. The molecule has 2 amide bonds. The van der Waals surface area contributed by atoms with Crippen LogP contribution in [0.1, 0.15) is 20.8 Å². The Morgan fingerprint density at radius 2 is 1.85 bits per heavy atom. The Kier molecular flexibility index (Phi) is 4.40. The Hall–Kier alpha value is -1.10. The number of imide groups is 1. The van der Waals surface area contributed by atoms with Crippen molar-refractivity contribution in [2.75, 3.05) is 13.6 Å². The van der Waals surface area contributed by atoms with E-state index >= 15 is 0 Å². The highest BCUT2D eigenvalue weighted by Gasteiger charge is 2.17. The Bertz CT molecular complexity index is 196. The van der Waals surface area contributed by atoms with Crippen molar-refractivity contribution in [3.05, 3.63) is 0 Å². The van der Waals surface area contributed by atoms with E-state index in [2.05, 4.69) is 10.6 Å². The lowest BCUT2D eigenvalue weighted by molar-refractivity contribution is -0.119. The van der Waals surface area contributed by atoms with Gasteiger partial charge >= 0.3 is 6.09 Å². The van der Waals surface area contributed by atoms with E-state index in [9.17, 15) is 9.59 Å². The second kappa shape index (κ2) is 4.81. The predicted molar refractivity (Wildman–Crippen MR) is 48.3 cm³/mol. The number of carbonyl (C=O) groups is 2. The molecule has 0 rings (SSSR count). The molecule has 0 aliphatic heterocycles. The minimum atomic E-state index is -0.715. The Morgan fingerprint density at radius 1 is 1.31 bits per heavy atom. The van der Waals surface area contributed by atoms with E-state index in [1.165, 1.54) is 0 Å². The maximum absolute atomic E-state index is 11.0. The van der Waals surface area contributed by atoms with Crippen molar-refractivity contribution in [1.82, 2.24) is 10.6 Å². The van der Waals surface area contributed by atoms with Gasteiger partial charge in [-0.2, -0.15) is 0 Å². The molecule has 0 aliphatic rings. The number of rotatable bonds is 2. The first-order valence-corrected chi connectivity index (χ1v) is 4.02. The summed E-state index contributed by atoms with van der Waals surface area (Å²) < 4.78 is 4.86. The van der Waals surface area contributed by atoms with Crippen LogP contribution in [0.15, 0.2) is 0 Å². The lowest BCUT2D eigenvalue weighted by Crippen LogP contribution is -2.40. The van der Waals surface area contributed by atoms with Crippen LogP contribution < -0.4 is 10.6 Å². The summed E-state index contributed by atoms with van der Waals surface area (Å²) in [6.45, 7) is 5.29. The number of hydrogen-bond donors (Lipinski definition) is 2. The molecular formula is C8H16N2O3. The van der Waals surface area contributed by atoms with Crippen LogP contribution >= 0.6 is 0 Å². The Balaban J connectivity index is 3.82. The van der Waals surface area contributed by atoms with Gasteiger partial charge in [0.15, 0.2) is 0 Å². The van der Waals surface area contributed by atoms with Crippen LogP contribution in [0.5, 0.6) is 0 Å². The molecule has 0 aromatic heterocycles. The standard InChI is InChI=1S/C8H16N2O3/c1-8(2,3)13-7(12)10-6(11)5-9-4/h9H,5H2,1-4H3,(H,10,11,12). The van der Waals surface area contributed by atoms with E-state index in [0.717, 1.165) is 0 Å². The van der Waals surface area contributed by atoms with Gasteiger partial charge in [0.25, 0.3) is 0 Å². The quantitative estimate of drug-likeness (QED) is 0.652. The predicted octanol–water partition coefficient (Wildman–Crippen LogP) is 0.257. The number of nitrogens with one attached hydrogen (secondary N) is 2. The van der Waals surface area contributed by atoms with Crippen LogP contribution in [-0.4, -0.2) is 31.2 Å². The second-order valence-electron chi connectivity index (χ2n) is 3.58. The van der Waals surface area contributed by atoms with Crippen LogP contribution in [0.3, 0.4) is 0 Å². The van der Waals surface area contributed by atoms with Crippen LogP contribution in [0.4, 0.5) is 4.79 Å². The molecule has 13 heavy (non-hydrogen) atoms. The molecule has 0 aromatic rings. The third-order valence-electron chi connectivity index (χ3n) is 0.978. The maximum Gasteiger partial charge on any atom is 0.414 e. The molecule has 0 aliphatic carbocycles. The first-order valence-electron chi connectivity index (χ1n) is 4.02. The molecular weight excluding hydrogens is 172 g/mol. The fourth-order valence-corrected chi connectivity index (χ4v) is 0.622. The largest absolute Gasteiger partial charge is 0.444 e. The van der Waals surface area contributed by atoms with Crippen molar-refractivity contribution in [3.8, 4) is 0 Å². The molecule has 0 unspecified atom stereocenters. The van der Waals surface area contributed by atoms with Gasteiger partial charge in [0.05, 0.1) is 6.54 Å². The first-order chi connectivity index (χ1) is 5.85. The summed E-state index contributed by atoms with van der Waals surface area (Å²) in [5.74, 6) is -0.406. The van der Waals surface area contributed by atoms with Gasteiger partial charge in [0.2, 0.25) is 5.91 Å². The monoisotopic (exact) mass is 188 g/mol. The number of carbonyl (C=O) groups excluding carboxylic acids is 2. The highest BCUT2D eigenvalue weighted by Crippen LogP contribution is 2.05. The summed E-state index contributed by atoms with van der Waals surface area (Å²) >= 11 is 0. The topological polar surface area (TPSA) is 67.4 Å². The first kappa shape index (κ1) is 11.9. The summed E-state index contributed by atoms with van der Waals surface area (Å²) in [5.41, 5.74) is -0.579. The molecule has 0 spiro atoms. The SMILES string of the molecule is CNCC(=O)NC(=O)OC(C)(C)C. The highest BCUT2D eigenvalue weighted by molar-refractivity contribution is 5.92. The van der Waals surface area contributed by atoms with Gasteiger partial charge in [-0.1, -0.05) is 0 Å². The van der Waals surface area contributed by atoms with Crippen LogP contribution in [0.2, 0.25) is 0 Å². The van der Waals surface area contributed by atoms with Gasteiger partial charge in [0, 0.05) is 0 Å².